The van der Waals surface area contributed by atoms with Crippen LogP contribution >= 0.6 is 0 Å². The molecule has 1 fully saturated rings. The van der Waals surface area contributed by atoms with Crippen LogP contribution in [0.4, 0.5) is 5.82 Å². The molecular weight excluding hydrogens is 250 g/mol. The zero-order valence-electron chi connectivity index (χ0n) is 13.2. The number of hydrogen-bond donors (Lipinski definition) is 1. The normalized spacial score (nSPS) is 18.2. The molecule has 0 radical (unpaired) electrons. The summed E-state index contributed by atoms with van der Waals surface area (Å²) in [5.74, 6) is 2.35. The first kappa shape index (κ1) is 15.2. The quantitative estimate of drug-likeness (QED) is 0.894. The molecule has 1 N–H and O–H groups in total. The number of ether oxygens (including phenoxy) is 1. The summed E-state index contributed by atoms with van der Waals surface area (Å²) < 4.78 is 5.87. The molecule has 20 heavy (non-hydrogen) atoms. The van der Waals surface area contributed by atoms with Crippen molar-refractivity contribution >= 4 is 5.82 Å². The number of methoxy groups -OCH3 is 1. The maximum atomic E-state index is 5.87. The van der Waals surface area contributed by atoms with Crippen LogP contribution in [0.25, 0.3) is 0 Å². The Labute approximate surface area is 122 Å². The highest BCUT2D eigenvalue weighted by Gasteiger charge is 2.37. The van der Waals surface area contributed by atoms with Crippen molar-refractivity contribution in [2.24, 2.45) is 5.92 Å². The van der Waals surface area contributed by atoms with Crippen LogP contribution in [0.1, 0.15) is 57.5 Å². The lowest BCUT2D eigenvalue weighted by molar-refractivity contribution is -0.0515. The van der Waals surface area contributed by atoms with E-state index in [0.29, 0.717) is 5.92 Å². The van der Waals surface area contributed by atoms with Crippen LogP contribution in [0, 0.1) is 5.92 Å². The first-order chi connectivity index (χ1) is 9.59. The van der Waals surface area contributed by atoms with Crippen molar-refractivity contribution in [2.45, 2.75) is 58.0 Å². The second-order valence-electron chi connectivity index (χ2n) is 6.18. The second-order valence-corrected chi connectivity index (χ2v) is 6.18. The molecule has 0 aromatic carbocycles. The van der Waals surface area contributed by atoms with Crippen LogP contribution in [0.2, 0.25) is 0 Å². The minimum Gasteiger partial charge on any atom is -0.373 e. The van der Waals surface area contributed by atoms with E-state index < -0.39 is 0 Å². The van der Waals surface area contributed by atoms with Crippen molar-refractivity contribution in [3.63, 3.8) is 0 Å². The van der Waals surface area contributed by atoms with E-state index in [2.05, 4.69) is 30.2 Å². The molecule has 0 saturated heterocycles. The first-order valence-electron chi connectivity index (χ1n) is 7.71. The van der Waals surface area contributed by atoms with E-state index in [4.69, 9.17) is 9.72 Å². The standard InChI is InChI=1S/C16H27N3O/c1-12(2)10-13-11-14(17-3)19-15(18-13)16(20-4)8-6-5-7-9-16/h11-12H,5-10H2,1-4H3,(H,17,18,19). The van der Waals surface area contributed by atoms with Gasteiger partial charge in [0.05, 0.1) is 0 Å². The van der Waals surface area contributed by atoms with Crippen LogP contribution < -0.4 is 5.32 Å². The third-order valence-electron chi connectivity index (χ3n) is 4.11. The lowest BCUT2D eigenvalue weighted by atomic mass is 9.83. The zero-order chi connectivity index (χ0) is 14.6. The molecule has 1 aromatic rings. The third kappa shape index (κ3) is 3.29. The average Bonchev–Trinajstić information content (AvgIpc) is 2.46. The van der Waals surface area contributed by atoms with Crippen LogP contribution in [-0.4, -0.2) is 24.1 Å². The summed E-state index contributed by atoms with van der Waals surface area (Å²) in [6.45, 7) is 4.43. The van der Waals surface area contributed by atoms with E-state index in [1.54, 1.807) is 7.11 Å². The highest BCUT2D eigenvalue weighted by atomic mass is 16.5. The largest absolute Gasteiger partial charge is 0.373 e. The van der Waals surface area contributed by atoms with Gasteiger partial charge in [-0.25, -0.2) is 9.97 Å². The Hall–Kier alpha value is -1.16. The molecule has 1 aliphatic carbocycles. The van der Waals surface area contributed by atoms with Gasteiger partial charge in [0.15, 0.2) is 5.82 Å². The van der Waals surface area contributed by atoms with Crippen LogP contribution in [0.15, 0.2) is 6.07 Å². The number of aromatic nitrogens is 2. The molecule has 4 nitrogen and oxygen atoms in total. The van der Waals surface area contributed by atoms with Gasteiger partial charge in [-0.3, -0.25) is 0 Å². The van der Waals surface area contributed by atoms with E-state index >= 15 is 0 Å². The predicted octanol–water partition coefficient (Wildman–Crippen LogP) is 3.52. The van der Waals surface area contributed by atoms with E-state index in [1.165, 1.54) is 19.3 Å². The Morgan fingerprint density at radius 2 is 1.95 bits per heavy atom. The average molecular weight is 277 g/mol. The van der Waals surface area contributed by atoms with Gasteiger partial charge in [0, 0.05) is 25.9 Å². The third-order valence-corrected chi connectivity index (χ3v) is 4.11. The molecule has 0 unspecified atom stereocenters. The topological polar surface area (TPSA) is 47.0 Å². The number of rotatable bonds is 5. The van der Waals surface area contributed by atoms with Crippen LogP contribution in [0.3, 0.4) is 0 Å². The predicted molar refractivity (Wildman–Crippen MR) is 81.9 cm³/mol. The number of nitrogens with one attached hydrogen (secondary N) is 1. The van der Waals surface area contributed by atoms with Crippen molar-refractivity contribution < 1.29 is 4.74 Å². The lowest BCUT2D eigenvalue weighted by Gasteiger charge is -2.34. The van der Waals surface area contributed by atoms with Crippen LogP contribution in [-0.2, 0) is 16.8 Å². The fraction of sp³-hybridized carbons (Fsp3) is 0.750. The first-order valence-corrected chi connectivity index (χ1v) is 7.71. The zero-order valence-corrected chi connectivity index (χ0v) is 13.2. The lowest BCUT2D eigenvalue weighted by Crippen LogP contribution is -2.34. The minimum atomic E-state index is -0.281. The van der Waals surface area contributed by atoms with Crippen molar-refractivity contribution in [1.82, 2.24) is 9.97 Å². The van der Waals surface area contributed by atoms with Crippen molar-refractivity contribution in [3.8, 4) is 0 Å². The highest BCUT2D eigenvalue weighted by molar-refractivity contribution is 5.36. The Bertz CT molecular complexity index is 439. The molecule has 1 aromatic heterocycles. The SMILES string of the molecule is CNc1cc(CC(C)C)nc(C2(OC)CCCCC2)n1. The summed E-state index contributed by atoms with van der Waals surface area (Å²) in [6.07, 6.45) is 6.70. The van der Waals surface area contributed by atoms with Gasteiger partial charge < -0.3 is 10.1 Å². The Kier molecular flexibility index (Phi) is 4.97. The highest BCUT2D eigenvalue weighted by Crippen LogP contribution is 2.38. The summed E-state index contributed by atoms with van der Waals surface area (Å²) in [5.41, 5.74) is 0.827. The summed E-state index contributed by atoms with van der Waals surface area (Å²) in [7, 11) is 3.70. The summed E-state index contributed by atoms with van der Waals surface area (Å²) in [5, 5.41) is 3.15. The van der Waals surface area contributed by atoms with Gasteiger partial charge in [0.2, 0.25) is 0 Å². The smallest absolute Gasteiger partial charge is 0.162 e. The van der Waals surface area contributed by atoms with E-state index in [-0.39, 0.29) is 5.60 Å². The molecule has 0 atom stereocenters. The molecule has 0 aliphatic heterocycles. The number of nitrogens with zero attached hydrogens (tertiary/aromatic N) is 2. The molecular formula is C16H27N3O. The van der Waals surface area contributed by atoms with E-state index in [1.807, 2.05) is 7.05 Å². The monoisotopic (exact) mass is 277 g/mol. The van der Waals surface area contributed by atoms with Gasteiger partial charge in [-0.2, -0.15) is 0 Å². The fourth-order valence-corrected chi connectivity index (χ4v) is 2.99. The maximum Gasteiger partial charge on any atom is 0.162 e. The van der Waals surface area contributed by atoms with Crippen molar-refractivity contribution in [3.05, 3.63) is 17.6 Å². The van der Waals surface area contributed by atoms with Gasteiger partial charge in [-0.05, 0) is 25.2 Å². The van der Waals surface area contributed by atoms with Gasteiger partial charge in [0.25, 0.3) is 0 Å². The summed E-state index contributed by atoms with van der Waals surface area (Å²) >= 11 is 0. The second kappa shape index (κ2) is 6.53. The van der Waals surface area contributed by atoms with Crippen molar-refractivity contribution in [1.29, 1.82) is 0 Å². The maximum absolute atomic E-state index is 5.87. The Morgan fingerprint density at radius 1 is 1.25 bits per heavy atom. The fourth-order valence-electron chi connectivity index (χ4n) is 2.99. The molecule has 1 heterocycles. The van der Waals surface area contributed by atoms with Gasteiger partial charge in [-0.1, -0.05) is 33.1 Å². The Morgan fingerprint density at radius 3 is 2.50 bits per heavy atom. The molecule has 1 aliphatic rings. The van der Waals surface area contributed by atoms with Crippen molar-refractivity contribution in [2.75, 3.05) is 19.5 Å². The van der Waals surface area contributed by atoms with E-state index in [0.717, 1.165) is 36.6 Å². The van der Waals surface area contributed by atoms with Gasteiger partial charge in [0.1, 0.15) is 11.4 Å². The molecule has 0 spiro atoms. The Balaban J connectivity index is 2.37. The molecule has 0 amide bonds. The molecule has 0 bridgehead atoms. The molecule has 1 saturated carbocycles. The van der Waals surface area contributed by atoms with E-state index in [9.17, 15) is 0 Å². The van der Waals surface area contributed by atoms with Gasteiger partial charge in [-0.15, -0.1) is 0 Å². The number of hydrogen-bond acceptors (Lipinski definition) is 4. The molecule has 112 valence electrons. The number of anilines is 1. The van der Waals surface area contributed by atoms with Gasteiger partial charge >= 0.3 is 0 Å². The summed E-state index contributed by atoms with van der Waals surface area (Å²) in [4.78, 5) is 9.49. The summed E-state index contributed by atoms with van der Waals surface area (Å²) in [6, 6.07) is 2.05. The minimum absolute atomic E-state index is 0.281. The van der Waals surface area contributed by atoms with Crippen LogP contribution in [0.5, 0.6) is 0 Å². The molecule has 2 rings (SSSR count). The molecule has 4 heteroatoms.